The van der Waals surface area contributed by atoms with Gasteiger partial charge in [-0.25, -0.2) is 4.79 Å². The Hall–Kier alpha value is -3.75. The molecule has 0 bridgehead atoms. The molecule has 188 valence electrons. The topological polar surface area (TPSA) is 125 Å². The number of anilines is 2. The number of carbonyl (C=O) groups is 3. The summed E-state index contributed by atoms with van der Waals surface area (Å²) >= 11 is 0. The summed E-state index contributed by atoms with van der Waals surface area (Å²) in [5, 5.41) is 21.3. The molecule has 2 aromatic rings. The second kappa shape index (κ2) is 12.1. The molecule has 1 amide bonds. The second-order valence-corrected chi connectivity index (χ2v) is 8.90. The number of carbonyl (C=O) groups excluding carboxylic acids is 1. The maximum Gasteiger partial charge on any atom is 0.346 e. The van der Waals surface area contributed by atoms with Crippen LogP contribution in [0.5, 0.6) is 11.5 Å². The molecule has 9 nitrogen and oxygen atoms in total. The SMILES string of the molecule is CC(C)CCCOc1ccc(C(=O)Nc2cccc3c2OC(C(=O)O)CN3CCCC(=O)O)cc1. The standard InChI is InChI=1S/C26H32N2O7/c1-17(2)6-5-15-34-19-12-10-18(11-13-19)25(31)27-20-7-3-8-21-24(20)35-22(26(32)33)16-28(21)14-4-9-23(29)30/h3,7-8,10-13,17,22H,4-6,9,14-16H2,1-2H3,(H,27,31)(H,29,30)(H,32,33). The summed E-state index contributed by atoms with van der Waals surface area (Å²) in [6.07, 6.45) is 1.23. The lowest BCUT2D eigenvalue weighted by Gasteiger charge is -2.35. The highest BCUT2D eigenvalue weighted by Gasteiger charge is 2.32. The van der Waals surface area contributed by atoms with Gasteiger partial charge in [-0.05, 0) is 61.6 Å². The third-order valence-electron chi connectivity index (χ3n) is 5.63. The van der Waals surface area contributed by atoms with Crippen LogP contribution >= 0.6 is 0 Å². The van der Waals surface area contributed by atoms with Crippen molar-refractivity contribution in [1.82, 2.24) is 0 Å². The van der Waals surface area contributed by atoms with E-state index in [2.05, 4.69) is 19.2 Å². The molecule has 35 heavy (non-hydrogen) atoms. The molecule has 0 spiro atoms. The summed E-state index contributed by atoms with van der Waals surface area (Å²) in [5.74, 6) is -0.861. The van der Waals surface area contributed by atoms with Crippen LogP contribution in [0.15, 0.2) is 42.5 Å². The monoisotopic (exact) mass is 484 g/mol. The molecule has 0 radical (unpaired) electrons. The minimum Gasteiger partial charge on any atom is -0.494 e. The minimum absolute atomic E-state index is 0.0295. The molecular weight excluding hydrogens is 452 g/mol. The molecule has 1 atom stereocenters. The normalized spacial score (nSPS) is 14.7. The number of fused-ring (bicyclic) bond motifs is 1. The average Bonchev–Trinajstić information content (AvgIpc) is 2.82. The minimum atomic E-state index is -1.14. The lowest BCUT2D eigenvalue weighted by atomic mass is 10.1. The first-order valence-electron chi connectivity index (χ1n) is 11.8. The fourth-order valence-corrected chi connectivity index (χ4v) is 3.81. The van der Waals surface area contributed by atoms with Crippen LogP contribution in [0.2, 0.25) is 0 Å². The number of carboxylic acids is 2. The smallest absolute Gasteiger partial charge is 0.346 e. The Morgan fingerprint density at radius 1 is 1.11 bits per heavy atom. The first-order valence-corrected chi connectivity index (χ1v) is 11.8. The Labute approximate surface area is 204 Å². The summed E-state index contributed by atoms with van der Waals surface area (Å²) in [4.78, 5) is 37.2. The number of hydrogen-bond acceptors (Lipinski definition) is 6. The van der Waals surface area contributed by atoms with Gasteiger partial charge in [0.25, 0.3) is 5.91 Å². The molecular formula is C26H32N2O7. The van der Waals surface area contributed by atoms with Gasteiger partial charge in [-0.15, -0.1) is 0 Å². The van der Waals surface area contributed by atoms with E-state index >= 15 is 0 Å². The van der Waals surface area contributed by atoms with Gasteiger partial charge in [-0.1, -0.05) is 19.9 Å². The average molecular weight is 485 g/mol. The van der Waals surface area contributed by atoms with Crippen molar-refractivity contribution in [2.75, 3.05) is 29.9 Å². The number of rotatable bonds is 12. The zero-order valence-corrected chi connectivity index (χ0v) is 20.0. The molecule has 3 N–H and O–H groups in total. The Morgan fingerprint density at radius 3 is 2.51 bits per heavy atom. The number of amides is 1. The maximum absolute atomic E-state index is 12.9. The summed E-state index contributed by atoms with van der Waals surface area (Å²) in [6.45, 7) is 5.38. The van der Waals surface area contributed by atoms with E-state index in [4.69, 9.17) is 14.6 Å². The van der Waals surface area contributed by atoms with Gasteiger partial charge in [0.05, 0.1) is 24.5 Å². The number of hydrogen-bond donors (Lipinski definition) is 3. The lowest BCUT2D eigenvalue weighted by Crippen LogP contribution is -2.45. The highest BCUT2D eigenvalue weighted by molar-refractivity contribution is 6.05. The zero-order chi connectivity index (χ0) is 25.4. The van der Waals surface area contributed by atoms with Crippen molar-refractivity contribution in [2.24, 2.45) is 5.92 Å². The summed E-state index contributed by atoms with van der Waals surface area (Å²) < 4.78 is 11.4. The van der Waals surface area contributed by atoms with E-state index in [-0.39, 0.29) is 24.6 Å². The molecule has 0 saturated heterocycles. The highest BCUT2D eigenvalue weighted by atomic mass is 16.5. The Kier molecular flexibility index (Phi) is 8.94. The number of carboxylic acid groups (broad SMARTS) is 2. The largest absolute Gasteiger partial charge is 0.494 e. The molecule has 0 saturated carbocycles. The van der Waals surface area contributed by atoms with Gasteiger partial charge >= 0.3 is 11.9 Å². The number of nitrogens with one attached hydrogen (secondary N) is 1. The van der Waals surface area contributed by atoms with E-state index in [0.29, 0.717) is 48.2 Å². The second-order valence-electron chi connectivity index (χ2n) is 8.90. The first-order chi connectivity index (χ1) is 16.7. The van der Waals surface area contributed by atoms with Gasteiger partial charge in [0, 0.05) is 18.5 Å². The molecule has 9 heteroatoms. The van der Waals surface area contributed by atoms with Crippen molar-refractivity contribution in [2.45, 2.75) is 45.6 Å². The molecule has 3 rings (SSSR count). The summed E-state index contributed by atoms with van der Waals surface area (Å²) in [7, 11) is 0. The first kappa shape index (κ1) is 25.9. The lowest BCUT2D eigenvalue weighted by molar-refractivity contribution is -0.145. The summed E-state index contributed by atoms with van der Waals surface area (Å²) in [6, 6.07) is 12.0. The molecule has 0 aromatic heterocycles. The Bertz CT molecular complexity index is 1040. The summed E-state index contributed by atoms with van der Waals surface area (Å²) in [5.41, 5.74) is 1.37. The Balaban J connectivity index is 1.71. The van der Waals surface area contributed by atoms with Crippen molar-refractivity contribution >= 4 is 29.2 Å². The third-order valence-corrected chi connectivity index (χ3v) is 5.63. The van der Waals surface area contributed by atoms with Crippen LogP contribution in [0.1, 0.15) is 49.9 Å². The van der Waals surface area contributed by atoms with Crippen molar-refractivity contribution < 1.29 is 34.1 Å². The predicted molar refractivity (Wildman–Crippen MR) is 132 cm³/mol. The van der Waals surface area contributed by atoms with Gasteiger partial charge in [-0.2, -0.15) is 0 Å². The van der Waals surface area contributed by atoms with E-state index in [9.17, 15) is 19.5 Å². The molecule has 1 aliphatic rings. The highest BCUT2D eigenvalue weighted by Crippen LogP contribution is 2.40. The van der Waals surface area contributed by atoms with Crippen LogP contribution in [-0.2, 0) is 9.59 Å². The maximum atomic E-state index is 12.9. The van der Waals surface area contributed by atoms with E-state index < -0.39 is 18.0 Å². The van der Waals surface area contributed by atoms with Crippen molar-refractivity contribution in [3.8, 4) is 11.5 Å². The van der Waals surface area contributed by atoms with E-state index in [1.807, 2.05) is 0 Å². The van der Waals surface area contributed by atoms with Gasteiger partial charge in [0.2, 0.25) is 6.10 Å². The molecule has 1 unspecified atom stereocenters. The number of para-hydroxylation sites is 1. The van der Waals surface area contributed by atoms with Crippen molar-refractivity contribution in [3.05, 3.63) is 48.0 Å². The molecule has 1 heterocycles. The molecule has 0 aliphatic carbocycles. The number of ether oxygens (including phenoxy) is 2. The zero-order valence-electron chi connectivity index (χ0n) is 20.0. The third kappa shape index (κ3) is 7.37. The Morgan fingerprint density at radius 2 is 1.86 bits per heavy atom. The number of nitrogens with zero attached hydrogens (tertiary/aromatic N) is 1. The van der Waals surface area contributed by atoms with E-state index in [1.54, 1.807) is 47.4 Å². The predicted octanol–water partition coefficient (Wildman–Crippen LogP) is 4.27. The van der Waals surface area contributed by atoms with Crippen molar-refractivity contribution in [1.29, 1.82) is 0 Å². The van der Waals surface area contributed by atoms with Gasteiger partial charge in [0.15, 0.2) is 5.75 Å². The van der Waals surface area contributed by atoms with Gasteiger partial charge in [-0.3, -0.25) is 9.59 Å². The van der Waals surface area contributed by atoms with Gasteiger partial charge < -0.3 is 29.9 Å². The van der Waals surface area contributed by atoms with Crippen molar-refractivity contribution in [3.63, 3.8) is 0 Å². The van der Waals surface area contributed by atoms with Crippen LogP contribution in [0.4, 0.5) is 11.4 Å². The van der Waals surface area contributed by atoms with E-state index in [1.165, 1.54) is 0 Å². The number of aliphatic carboxylic acids is 2. The van der Waals surface area contributed by atoms with Crippen LogP contribution in [0, 0.1) is 5.92 Å². The fraction of sp³-hybridized carbons (Fsp3) is 0.423. The number of benzene rings is 2. The van der Waals surface area contributed by atoms with E-state index in [0.717, 1.165) is 12.8 Å². The van der Waals surface area contributed by atoms with Crippen LogP contribution < -0.4 is 19.7 Å². The molecule has 2 aromatic carbocycles. The quantitative estimate of drug-likeness (QED) is 0.382. The molecule has 0 fully saturated rings. The van der Waals surface area contributed by atoms with Crippen LogP contribution in [-0.4, -0.2) is 53.9 Å². The molecule has 1 aliphatic heterocycles. The fourth-order valence-electron chi connectivity index (χ4n) is 3.81. The van der Waals surface area contributed by atoms with Crippen LogP contribution in [0.25, 0.3) is 0 Å². The van der Waals surface area contributed by atoms with Gasteiger partial charge in [0.1, 0.15) is 5.75 Å². The van der Waals surface area contributed by atoms with Crippen LogP contribution in [0.3, 0.4) is 0 Å².